The van der Waals surface area contributed by atoms with E-state index in [9.17, 15) is 10.1 Å². The maximum atomic E-state index is 12.3. The number of nitrogens with one attached hydrogen (secondary N) is 1. The van der Waals surface area contributed by atoms with Gasteiger partial charge in [-0.25, -0.2) is 0 Å². The van der Waals surface area contributed by atoms with Gasteiger partial charge in [-0.2, -0.15) is 5.26 Å². The second-order valence-corrected chi connectivity index (χ2v) is 11.8. The number of aryl methyl sites for hydroxylation is 1. The molecular weight excluding hydrogens is 564 g/mol. The van der Waals surface area contributed by atoms with Crippen LogP contribution in [0, 0.1) is 25.2 Å². The first kappa shape index (κ1) is 30.1. The molecule has 4 aliphatic rings. The highest BCUT2D eigenvalue weighted by atomic mass is 16.7. The molecule has 0 spiro atoms. The Morgan fingerprint density at radius 3 is 2.59 bits per heavy atom. The Labute approximate surface area is 258 Å². The van der Waals surface area contributed by atoms with Crippen LogP contribution in [0.3, 0.4) is 0 Å². The van der Waals surface area contributed by atoms with Gasteiger partial charge in [0.2, 0.25) is 12.7 Å². The molecule has 11 heteroatoms. The summed E-state index contributed by atoms with van der Waals surface area (Å²) in [5.74, 6) is 3.19. The zero-order valence-electron chi connectivity index (χ0n) is 26.2. The van der Waals surface area contributed by atoms with Gasteiger partial charge >= 0.3 is 0 Å². The Hall–Kier alpha value is -3.98. The summed E-state index contributed by atoms with van der Waals surface area (Å²) in [6.07, 6.45) is 2.93. The molecule has 44 heavy (non-hydrogen) atoms. The Morgan fingerprint density at radius 1 is 1.14 bits per heavy atom. The SMILES string of the molecule is C=CCOc1c(C)c2c(c3c1CC1[C@@H]4c5c(cc(C)c(OC)c5OCOC)C[C@H]([C@H](C#N)N1C3CNC(C)=O)N4C)OCO2. The van der Waals surface area contributed by atoms with E-state index in [4.69, 9.17) is 28.4 Å². The maximum absolute atomic E-state index is 12.3. The highest BCUT2D eigenvalue weighted by molar-refractivity contribution is 5.73. The van der Waals surface area contributed by atoms with Crippen molar-refractivity contribution in [3.63, 3.8) is 0 Å². The number of ether oxygens (including phenoxy) is 6. The highest BCUT2D eigenvalue weighted by Gasteiger charge is 2.57. The van der Waals surface area contributed by atoms with Gasteiger partial charge in [0.1, 0.15) is 18.4 Å². The van der Waals surface area contributed by atoms with Crippen LogP contribution >= 0.6 is 0 Å². The molecule has 6 rings (SSSR count). The molecule has 1 N–H and O–H groups in total. The summed E-state index contributed by atoms with van der Waals surface area (Å²) in [6, 6.07) is 3.52. The number of piperazine rings is 1. The highest BCUT2D eigenvalue weighted by Crippen LogP contribution is 2.58. The fourth-order valence-electron chi connectivity index (χ4n) is 7.84. The largest absolute Gasteiger partial charge is 0.493 e. The monoisotopic (exact) mass is 604 g/mol. The summed E-state index contributed by atoms with van der Waals surface area (Å²) in [5, 5.41) is 13.9. The molecule has 11 nitrogen and oxygen atoms in total. The number of carbonyl (C=O) groups is 1. The Morgan fingerprint density at radius 2 is 1.91 bits per heavy atom. The van der Waals surface area contributed by atoms with Crippen LogP contribution in [0.25, 0.3) is 0 Å². The van der Waals surface area contributed by atoms with E-state index in [1.165, 1.54) is 6.92 Å². The third-order valence-electron chi connectivity index (χ3n) is 9.46. The van der Waals surface area contributed by atoms with Crippen LogP contribution in [-0.4, -0.2) is 81.8 Å². The van der Waals surface area contributed by atoms with Gasteiger partial charge in [-0.3, -0.25) is 14.6 Å². The second-order valence-electron chi connectivity index (χ2n) is 11.8. The molecule has 234 valence electrons. The Bertz CT molecular complexity index is 1540. The quantitative estimate of drug-likeness (QED) is 0.337. The van der Waals surface area contributed by atoms with Crippen molar-refractivity contribution >= 4 is 5.91 Å². The molecule has 4 heterocycles. The number of fused-ring (bicyclic) bond motifs is 9. The van der Waals surface area contributed by atoms with Gasteiger partial charge in [0.05, 0.1) is 25.3 Å². The lowest BCUT2D eigenvalue weighted by Crippen LogP contribution is -2.68. The lowest BCUT2D eigenvalue weighted by molar-refractivity contribution is -0.120. The number of hydrogen-bond donors (Lipinski definition) is 1. The lowest BCUT2D eigenvalue weighted by Gasteiger charge is -2.60. The molecule has 1 saturated heterocycles. The van der Waals surface area contributed by atoms with Crippen molar-refractivity contribution in [2.75, 3.05) is 48.0 Å². The number of benzene rings is 2. The molecule has 0 aliphatic carbocycles. The molecule has 0 radical (unpaired) electrons. The van der Waals surface area contributed by atoms with Crippen LogP contribution in [0.1, 0.15) is 52.4 Å². The Kier molecular flexibility index (Phi) is 8.09. The van der Waals surface area contributed by atoms with Gasteiger partial charge in [-0.15, -0.1) is 0 Å². The number of rotatable bonds is 9. The van der Waals surface area contributed by atoms with Crippen molar-refractivity contribution in [2.24, 2.45) is 0 Å². The van der Waals surface area contributed by atoms with E-state index in [2.05, 4.69) is 40.9 Å². The fraction of sp³-hybridized carbons (Fsp3) is 0.515. The second kappa shape index (κ2) is 11.8. The van der Waals surface area contributed by atoms with E-state index in [1.54, 1.807) is 20.3 Å². The van der Waals surface area contributed by atoms with Crippen LogP contribution in [0.5, 0.6) is 28.7 Å². The average molecular weight is 605 g/mol. The first-order valence-corrected chi connectivity index (χ1v) is 14.9. The molecule has 0 aromatic heterocycles. The number of likely N-dealkylation sites (N-methyl/N-ethyl adjacent to an activating group) is 1. The van der Waals surface area contributed by atoms with Crippen molar-refractivity contribution in [3.8, 4) is 34.8 Å². The van der Waals surface area contributed by atoms with Crippen molar-refractivity contribution in [2.45, 2.75) is 63.8 Å². The number of nitriles is 1. The van der Waals surface area contributed by atoms with E-state index in [0.717, 1.165) is 39.1 Å². The summed E-state index contributed by atoms with van der Waals surface area (Å²) in [6.45, 7) is 10.1. The predicted molar refractivity (Wildman–Crippen MR) is 161 cm³/mol. The molecule has 2 aromatic rings. The van der Waals surface area contributed by atoms with Crippen LogP contribution in [-0.2, 0) is 22.4 Å². The summed E-state index contributed by atoms with van der Waals surface area (Å²) in [5.41, 5.74) is 5.87. The predicted octanol–water partition coefficient (Wildman–Crippen LogP) is 3.50. The molecule has 1 fully saturated rings. The van der Waals surface area contributed by atoms with E-state index in [1.807, 2.05) is 13.8 Å². The van der Waals surface area contributed by atoms with Crippen LogP contribution in [0.2, 0.25) is 0 Å². The van der Waals surface area contributed by atoms with Crippen molar-refractivity contribution < 1.29 is 33.2 Å². The number of nitrogens with zero attached hydrogens (tertiary/aromatic N) is 3. The molecule has 2 bridgehead atoms. The van der Waals surface area contributed by atoms with E-state index < -0.39 is 6.04 Å². The van der Waals surface area contributed by atoms with Crippen molar-refractivity contribution in [1.82, 2.24) is 15.1 Å². The zero-order chi connectivity index (χ0) is 31.3. The van der Waals surface area contributed by atoms with Gasteiger partial charge in [-0.1, -0.05) is 18.7 Å². The smallest absolute Gasteiger partial charge is 0.231 e. The summed E-state index contributed by atoms with van der Waals surface area (Å²) in [4.78, 5) is 16.9. The number of methoxy groups -OCH3 is 2. The third-order valence-corrected chi connectivity index (χ3v) is 9.46. The first-order chi connectivity index (χ1) is 21.3. The topological polar surface area (TPSA) is 115 Å². The van der Waals surface area contributed by atoms with E-state index >= 15 is 0 Å². The molecule has 0 saturated carbocycles. The molecule has 4 aliphatic heterocycles. The summed E-state index contributed by atoms with van der Waals surface area (Å²) >= 11 is 0. The van der Waals surface area contributed by atoms with Crippen LogP contribution < -0.4 is 29.0 Å². The van der Waals surface area contributed by atoms with Gasteiger partial charge in [0.25, 0.3) is 0 Å². The van der Waals surface area contributed by atoms with Crippen molar-refractivity contribution in [3.05, 3.63) is 52.1 Å². The maximum Gasteiger partial charge on any atom is 0.231 e. The minimum absolute atomic E-state index is 0.0670. The summed E-state index contributed by atoms with van der Waals surface area (Å²) in [7, 11) is 5.33. The van der Waals surface area contributed by atoms with Gasteiger partial charge < -0.3 is 33.7 Å². The summed E-state index contributed by atoms with van der Waals surface area (Å²) < 4.78 is 35.9. The minimum atomic E-state index is -0.469. The van der Waals surface area contributed by atoms with E-state index in [0.29, 0.717) is 42.4 Å². The first-order valence-electron chi connectivity index (χ1n) is 14.9. The molecule has 5 atom stereocenters. The van der Waals surface area contributed by atoms with Crippen LogP contribution in [0.4, 0.5) is 0 Å². The number of carbonyl (C=O) groups excluding carboxylic acids is 1. The molecule has 2 aromatic carbocycles. The van der Waals surface area contributed by atoms with Gasteiger partial charge in [-0.05, 0) is 44.9 Å². The average Bonchev–Trinajstić information content (AvgIpc) is 3.49. The molecule has 1 amide bonds. The standard InChI is InChI=1S/C33H40N4O7/c1-8-9-41-30-18(3)31-33(44-16-43-31)27-21(30)12-23-28-26-20(10-17(2)29(40-7)32(26)42-15-39-6)11-22(36(28)5)24(13-34)37(23)25(27)14-35-19(4)38/h8,10,22-25,28H,1,9,11-12,14-16H2,2-7H3,(H,35,38)/t22-,23?,24+,25?,28-/m1/s1. The normalized spacial score (nSPS) is 24.8. The minimum Gasteiger partial charge on any atom is -0.493 e. The number of amides is 1. The molecular formula is C33H40N4O7. The lowest BCUT2D eigenvalue weighted by atomic mass is 9.71. The fourth-order valence-corrected chi connectivity index (χ4v) is 7.84. The Balaban J connectivity index is 1.61. The van der Waals surface area contributed by atoms with Gasteiger partial charge in [0, 0.05) is 54.9 Å². The van der Waals surface area contributed by atoms with Crippen LogP contribution in [0.15, 0.2) is 18.7 Å². The number of hydrogen-bond acceptors (Lipinski definition) is 10. The van der Waals surface area contributed by atoms with Gasteiger partial charge in [0.15, 0.2) is 29.8 Å². The van der Waals surface area contributed by atoms with Crippen molar-refractivity contribution in [1.29, 1.82) is 5.26 Å². The van der Waals surface area contributed by atoms with E-state index in [-0.39, 0.29) is 50.2 Å². The third kappa shape index (κ3) is 4.55. The zero-order valence-corrected chi connectivity index (χ0v) is 26.2. The molecule has 2 unspecified atom stereocenters.